The van der Waals surface area contributed by atoms with Gasteiger partial charge in [-0.1, -0.05) is 161 Å². The van der Waals surface area contributed by atoms with Crippen molar-refractivity contribution in [2.24, 2.45) is 0 Å². The number of likely N-dealkylation sites (N-methyl/N-ethyl adjacent to an activating group) is 2. The van der Waals surface area contributed by atoms with Gasteiger partial charge >= 0.3 is 0 Å². The van der Waals surface area contributed by atoms with E-state index in [1.54, 1.807) is 36.5 Å². The summed E-state index contributed by atoms with van der Waals surface area (Å²) in [5, 5.41) is 3.34. The summed E-state index contributed by atoms with van der Waals surface area (Å²) in [6, 6.07) is 70.2. The molecule has 5 unspecified atom stereocenters. The molecule has 0 radical (unpaired) electrons. The Labute approximate surface area is 689 Å². The maximum Gasteiger partial charge on any atom is 0.162 e. The number of hydrogen-bond donors (Lipinski definition) is 0. The Balaban J connectivity index is 0.0000000921. The van der Waals surface area contributed by atoms with Crippen LogP contribution in [0, 0.1) is 6.92 Å². The molecule has 10 aliphatic rings. The lowest BCUT2D eigenvalue weighted by molar-refractivity contribution is 0.701. The maximum absolute atomic E-state index is 5.17. The second kappa shape index (κ2) is 29.3. The number of fused-ring (bicyclic) bond motifs is 25. The van der Waals surface area contributed by atoms with Gasteiger partial charge in [0.2, 0.25) is 0 Å². The maximum atomic E-state index is 5.17. The van der Waals surface area contributed by atoms with Crippen molar-refractivity contribution < 1.29 is 0 Å². The molecule has 25 rings (SSSR count). The molecule has 18 heterocycles. The van der Waals surface area contributed by atoms with Gasteiger partial charge in [-0.05, 0) is 135 Å². The Morgan fingerprint density at radius 3 is 1.19 bits per heavy atom. The number of anilines is 18. The van der Waals surface area contributed by atoms with E-state index in [1.807, 2.05) is 79.9 Å². The monoisotopic (exact) mass is 1560 g/mol. The zero-order valence-electron chi connectivity index (χ0n) is 66.4. The highest BCUT2D eigenvalue weighted by molar-refractivity contribution is 7.14. The Bertz CT molecular complexity index is 6110. The molecule has 0 saturated carbocycles. The van der Waals surface area contributed by atoms with Crippen LogP contribution in [0.2, 0.25) is 0 Å². The van der Waals surface area contributed by atoms with Gasteiger partial charge in [0.1, 0.15) is 78.2 Å². The molecule has 15 aromatic rings. The van der Waals surface area contributed by atoms with Crippen LogP contribution in [0.3, 0.4) is 0 Å². The lowest BCUT2D eigenvalue weighted by atomic mass is 9.88. The van der Waals surface area contributed by atoms with Gasteiger partial charge in [0.25, 0.3) is 0 Å². The zero-order valence-corrected chi connectivity index (χ0v) is 67.2. The molecule has 118 heavy (non-hydrogen) atoms. The fraction of sp³-hybridized carbons (Fsp3) is 0.200. The third-order valence-electron chi connectivity index (χ3n) is 24.3. The first-order valence-electron chi connectivity index (χ1n) is 40.4. The molecule has 0 bridgehead atoms. The zero-order chi connectivity index (χ0) is 79.4. The number of rotatable bonds is 7. The first kappa shape index (κ1) is 71.7. The van der Waals surface area contributed by atoms with Crippen molar-refractivity contribution in [2.45, 2.75) is 109 Å². The van der Waals surface area contributed by atoms with Gasteiger partial charge < -0.3 is 44.1 Å². The molecule has 0 fully saturated rings. The average Bonchev–Trinajstić information content (AvgIpc) is 1.60. The van der Waals surface area contributed by atoms with E-state index in [2.05, 4.69) is 318 Å². The highest BCUT2D eigenvalue weighted by atomic mass is 32.1. The number of hydrogen-bond acceptors (Lipinski definition) is 23. The molecule has 10 aliphatic heterocycles. The summed E-state index contributed by atoms with van der Waals surface area (Å²) in [5.74, 6) is 7.43. The summed E-state index contributed by atoms with van der Waals surface area (Å²) in [4.78, 5) is 77.5. The van der Waals surface area contributed by atoms with Gasteiger partial charge in [-0.15, -0.1) is 11.3 Å². The normalized spacial score (nSPS) is 17.9. The van der Waals surface area contributed by atoms with Crippen LogP contribution in [0.4, 0.5) is 102 Å². The summed E-state index contributed by atoms with van der Waals surface area (Å²) in [6.07, 6.45) is 28.1. The Morgan fingerprint density at radius 1 is 0.314 bits per heavy atom. The van der Waals surface area contributed by atoms with Crippen LogP contribution in [-0.2, 0) is 32.1 Å². The van der Waals surface area contributed by atoms with Gasteiger partial charge in [0.05, 0.1) is 47.9 Å². The number of pyridine rings is 2. The van der Waals surface area contributed by atoms with Gasteiger partial charge in [0, 0.05) is 110 Å². The number of para-hydroxylation sites is 5. The van der Waals surface area contributed by atoms with Crippen LogP contribution in [0.1, 0.15) is 84.0 Å². The molecular formula is C95H84N22S. The van der Waals surface area contributed by atoms with Crippen molar-refractivity contribution in [1.29, 1.82) is 0 Å². The lowest BCUT2D eigenvalue weighted by Gasteiger charge is -2.26. The average molecular weight is 1570 g/mol. The first-order chi connectivity index (χ1) is 58.0. The minimum Gasteiger partial charge on any atom is -0.349 e. The van der Waals surface area contributed by atoms with Gasteiger partial charge in [-0.25, -0.2) is 49.8 Å². The summed E-state index contributed by atoms with van der Waals surface area (Å²) in [6.45, 7) is 11.1. The molecule has 22 nitrogen and oxygen atoms in total. The van der Waals surface area contributed by atoms with Crippen LogP contribution < -0.4 is 49.0 Å². The number of aromatic nitrogens is 12. The van der Waals surface area contributed by atoms with Crippen LogP contribution >= 0.6 is 11.3 Å². The molecule has 5 atom stereocenters. The number of thiophene rings is 1. The third kappa shape index (κ3) is 11.9. The van der Waals surface area contributed by atoms with Crippen LogP contribution in [0.5, 0.6) is 0 Å². The van der Waals surface area contributed by atoms with E-state index in [1.165, 1.54) is 83.5 Å². The fourth-order valence-corrected chi connectivity index (χ4v) is 19.7. The van der Waals surface area contributed by atoms with Crippen LogP contribution in [0.25, 0.3) is 22.8 Å². The summed E-state index contributed by atoms with van der Waals surface area (Å²) >= 11 is 1.75. The molecule has 7 aromatic carbocycles. The molecule has 23 heteroatoms. The quantitative estimate of drug-likeness (QED) is 0.146. The highest BCUT2D eigenvalue weighted by Crippen LogP contribution is 2.57. The molecule has 8 aromatic heterocycles. The van der Waals surface area contributed by atoms with Crippen molar-refractivity contribution in [3.8, 4) is 22.8 Å². The van der Waals surface area contributed by atoms with Crippen molar-refractivity contribution in [1.82, 2.24) is 59.8 Å². The van der Waals surface area contributed by atoms with Crippen molar-refractivity contribution in [2.75, 3.05) is 63.1 Å². The predicted molar refractivity (Wildman–Crippen MR) is 470 cm³/mol. The molecule has 0 spiro atoms. The number of nitrogens with zero attached hydrogens (tertiary/aromatic N) is 22. The van der Waals surface area contributed by atoms with Crippen molar-refractivity contribution in [3.63, 3.8) is 0 Å². The van der Waals surface area contributed by atoms with E-state index in [-0.39, 0.29) is 24.7 Å². The van der Waals surface area contributed by atoms with E-state index in [0.717, 1.165) is 118 Å². The predicted octanol–water partition coefficient (Wildman–Crippen LogP) is 19.6. The van der Waals surface area contributed by atoms with E-state index >= 15 is 0 Å². The number of benzene rings is 7. The molecule has 0 aliphatic carbocycles. The molecule has 0 amide bonds. The van der Waals surface area contributed by atoms with Gasteiger partial charge in [-0.3, -0.25) is 14.9 Å². The standard InChI is InChI=1S/C25H28N4.C20H18N4.2C17H13N5.C16H12N4S/c1-15(2)18-10-8-11-19(16(3)4)23(18)24-26-14-21-25(27-24)29-20-12-7-6-9-17(20)13-22(29)28(21)5;1-13-7-3-5-9-15(13)19-21-12-17-20(22-19)24-16-10-6-4-8-14(16)11-18(24)23(17)2;1-2-6-14-12(4-1)8-16-21(13-5-3-7-18-9-13)17-15(22(14)16)10-19-11-20-17;1-2-4-14-12(3-1)9-16-21(13-5-7-18-8-6-13)17-15(22(14)16)10-19-11-20-17;1-2-5-12-11(4-1)8-14-19(12)13-9-17-10-18-16(13)20(14)15-6-3-7-21-15/h6-12,14-16,22H,13H2,1-5H3;3-10,12,18H,11H2,1-2H3;1-7,9-11,16H,8H2;1-8,10-11,16H,9H2;1-7,9-10,14H,8H2. The van der Waals surface area contributed by atoms with Gasteiger partial charge in [-0.2, -0.15) is 0 Å². The third-order valence-corrected chi connectivity index (χ3v) is 25.2. The van der Waals surface area contributed by atoms with Gasteiger partial charge in [0.15, 0.2) is 40.7 Å². The lowest BCUT2D eigenvalue weighted by Crippen LogP contribution is -2.36. The topological polar surface area (TPSA) is 187 Å². The molecule has 0 N–H and O–H groups in total. The van der Waals surface area contributed by atoms with Crippen LogP contribution in [-0.4, -0.2) is 105 Å². The Kier molecular flexibility index (Phi) is 17.8. The second-order valence-corrected chi connectivity index (χ2v) is 32.5. The van der Waals surface area contributed by atoms with Crippen molar-refractivity contribution >= 4 is 114 Å². The molecular weight excluding hydrogens is 1480 g/mol. The summed E-state index contributed by atoms with van der Waals surface area (Å²) in [7, 11) is 4.28. The van der Waals surface area contributed by atoms with E-state index in [0.29, 0.717) is 18.0 Å². The smallest absolute Gasteiger partial charge is 0.162 e. The van der Waals surface area contributed by atoms with Crippen LogP contribution in [0.15, 0.2) is 280 Å². The van der Waals surface area contributed by atoms with E-state index in [9.17, 15) is 0 Å². The van der Waals surface area contributed by atoms with E-state index < -0.39 is 0 Å². The second-order valence-electron chi connectivity index (χ2n) is 31.6. The first-order valence-corrected chi connectivity index (χ1v) is 41.2. The Hall–Kier alpha value is -14.1. The minimum absolute atomic E-state index is 0.202. The molecule has 580 valence electrons. The Morgan fingerprint density at radius 2 is 0.737 bits per heavy atom. The number of aryl methyl sites for hydroxylation is 1. The molecule has 0 saturated heterocycles. The minimum atomic E-state index is 0.202. The largest absolute Gasteiger partial charge is 0.349 e. The van der Waals surface area contributed by atoms with E-state index in [4.69, 9.17) is 15.0 Å². The highest BCUT2D eigenvalue weighted by Gasteiger charge is 2.49. The van der Waals surface area contributed by atoms with Crippen molar-refractivity contribution in [3.05, 3.63) is 325 Å². The summed E-state index contributed by atoms with van der Waals surface area (Å²) < 4.78 is 0. The fourth-order valence-electron chi connectivity index (χ4n) is 18.9. The SMILES string of the molecule is CC(C)c1cccc(C(C)C)c1-c1ncc2c(n1)N1c3ccccc3CC1N2C.Cc1ccccc1-c1ncc2c(n1)N1c3ccccc3CC1N2C.c1ccc2c(c1)CC1N2c2cncnc2N1c1ccncc1.c1cncc(N2c3ncncc3N3c4ccccc4CC32)c1.c1csc(N2c3ncncc3N3c4ccccc4CC32)c1. The summed E-state index contributed by atoms with van der Waals surface area (Å²) in [5.41, 5.74) is 26.9.